The number of anilines is 2. The lowest BCUT2D eigenvalue weighted by molar-refractivity contribution is 0.0823. The molecular weight excluding hydrogens is 315 g/mol. The van der Waals surface area contributed by atoms with E-state index < -0.39 is 0 Å². The van der Waals surface area contributed by atoms with Gasteiger partial charge in [0.15, 0.2) is 5.13 Å². The van der Waals surface area contributed by atoms with Crippen molar-refractivity contribution in [3.63, 3.8) is 0 Å². The van der Waals surface area contributed by atoms with E-state index >= 15 is 0 Å². The van der Waals surface area contributed by atoms with Crippen LogP contribution in [-0.4, -0.2) is 56.1 Å². The molecule has 7 heteroatoms. The van der Waals surface area contributed by atoms with E-state index in [2.05, 4.69) is 9.88 Å². The SMILES string of the molecule is CN(C)C(=O)c1csc(N2CCN(c3ccccc3F)CC2)n1. The van der Waals surface area contributed by atoms with Gasteiger partial charge >= 0.3 is 0 Å². The molecule has 0 spiro atoms. The van der Waals surface area contributed by atoms with Gasteiger partial charge in [0.25, 0.3) is 5.91 Å². The second-order valence-corrected chi connectivity index (χ2v) is 6.48. The lowest BCUT2D eigenvalue weighted by Crippen LogP contribution is -2.46. The molecule has 5 nitrogen and oxygen atoms in total. The van der Waals surface area contributed by atoms with E-state index in [1.165, 1.54) is 22.3 Å². The highest BCUT2D eigenvalue weighted by Crippen LogP contribution is 2.25. The van der Waals surface area contributed by atoms with Crippen molar-refractivity contribution in [2.75, 3.05) is 50.1 Å². The molecule has 23 heavy (non-hydrogen) atoms. The summed E-state index contributed by atoms with van der Waals surface area (Å²) in [5, 5.41) is 2.64. The Hall–Kier alpha value is -2.15. The van der Waals surface area contributed by atoms with Crippen LogP contribution in [0.25, 0.3) is 0 Å². The van der Waals surface area contributed by atoms with Crippen molar-refractivity contribution in [2.24, 2.45) is 0 Å². The first-order valence-corrected chi connectivity index (χ1v) is 8.36. The summed E-state index contributed by atoms with van der Waals surface area (Å²) in [5.74, 6) is -0.272. The number of thiazole rings is 1. The number of hydrogen-bond donors (Lipinski definition) is 0. The normalized spacial score (nSPS) is 14.9. The van der Waals surface area contributed by atoms with Gasteiger partial charge < -0.3 is 14.7 Å². The Kier molecular flexibility index (Phi) is 4.47. The number of piperazine rings is 1. The summed E-state index contributed by atoms with van der Waals surface area (Å²) >= 11 is 1.48. The Morgan fingerprint density at radius 3 is 2.48 bits per heavy atom. The van der Waals surface area contributed by atoms with Gasteiger partial charge in [-0.1, -0.05) is 12.1 Å². The number of halogens is 1. The highest BCUT2D eigenvalue weighted by molar-refractivity contribution is 7.13. The number of rotatable bonds is 3. The van der Waals surface area contributed by atoms with E-state index in [0.717, 1.165) is 31.3 Å². The van der Waals surface area contributed by atoms with Gasteiger partial charge in [-0.3, -0.25) is 4.79 Å². The number of aromatic nitrogens is 1. The second kappa shape index (κ2) is 6.54. The standard InChI is InChI=1S/C16H19FN4OS/c1-19(2)15(22)13-11-23-16(18-13)21-9-7-20(8-10-21)14-6-4-3-5-12(14)17/h3-6,11H,7-10H2,1-2H3. The van der Waals surface area contributed by atoms with Crippen LogP contribution in [0, 0.1) is 5.82 Å². The molecule has 1 aliphatic rings. The van der Waals surface area contributed by atoms with Crippen molar-refractivity contribution in [3.05, 3.63) is 41.2 Å². The summed E-state index contributed by atoms with van der Waals surface area (Å²) < 4.78 is 13.9. The van der Waals surface area contributed by atoms with Crippen molar-refractivity contribution in [1.29, 1.82) is 0 Å². The Morgan fingerprint density at radius 1 is 1.17 bits per heavy atom. The smallest absolute Gasteiger partial charge is 0.272 e. The van der Waals surface area contributed by atoms with Gasteiger partial charge in [0.1, 0.15) is 11.5 Å². The van der Waals surface area contributed by atoms with Crippen LogP contribution in [0.3, 0.4) is 0 Å². The summed E-state index contributed by atoms with van der Waals surface area (Å²) in [5.41, 5.74) is 1.13. The molecule has 0 atom stereocenters. The van der Waals surface area contributed by atoms with Crippen LogP contribution in [0.15, 0.2) is 29.6 Å². The number of carbonyl (C=O) groups excluding carboxylic acids is 1. The number of benzene rings is 1. The number of carbonyl (C=O) groups is 1. The van der Waals surface area contributed by atoms with E-state index in [4.69, 9.17) is 0 Å². The van der Waals surface area contributed by atoms with E-state index in [0.29, 0.717) is 11.4 Å². The predicted molar refractivity (Wildman–Crippen MR) is 91.0 cm³/mol. The van der Waals surface area contributed by atoms with Crippen LogP contribution in [0.2, 0.25) is 0 Å². The van der Waals surface area contributed by atoms with Gasteiger partial charge in [0, 0.05) is 45.7 Å². The lowest BCUT2D eigenvalue weighted by Gasteiger charge is -2.36. The zero-order valence-electron chi connectivity index (χ0n) is 13.2. The Labute approximate surface area is 139 Å². The molecular formula is C16H19FN4OS. The highest BCUT2D eigenvalue weighted by Gasteiger charge is 2.22. The van der Waals surface area contributed by atoms with Crippen LogP contribution >= 0.6 is 11.3 Å². The molecule has 1 aliphatic heterocycles. The quantitative estimate of drug-likeness (QED) is 0.864. The van der Waals surface area contributed by atoms with Crippen LogP contribution in [0.5, 0.6) is 0 Å². The van der Waals surface area contributed by atoms with Gasteiger partial charge in [-0.25, -0.2) is 9.37 Å². The number of para-hydroxylation sites is 1. The second-order valence-electron chi connectivity index (χ2n) is 5.64. The minimum atomic E-state index is -0.186. The summed E-state index contributed by atoms with van der Waals surface area (Å²) in [6.45, 7) is 2.99. The fraction of sp³-hybridized carbons (Fsp3) is 0.375. The van der Waals surface area contributed by atoms with Gasteiger partial charge in [0.05, 0.1) is 5.69 Å². The molecule has 3 rings (SSSR count). The Balaban J connectivity index is 1.65. The van der Waals surface area contributed by atoms with Crippen LogP contribution in [0.4, 0.5) is 15.2 Å². The van der Waals surface area contributed by atoms with Gasteiger partial charge in [0.2, 0.25) is 0 Å². The molecule has 0 unspecified atom stereocenters. The molecule has 1 fully saturated rings. The fourth-order valence-electron chi connectivity index (χ4n) is 2.58. The van der Waals surface area contributed by atoms with Crippen molar-refractivity contribution in [1.82, 2.24) is 9.88 Å². The molecule has 1 aromatic carbocycles. The van der Waals surface area contributed by atoms with E-state index in [1.54, 1.807) is 25.5 Å². The van der Waals surface area contributed by atoms with Crippen LogP contribution < -0.4 is 9.80 Å². The molecule has 122 valence electrons. The first kappa shape index (κ1) is 15.7. The van der Waals surface area contributed by atoms with Crippen molar-refractivity contribution < 1.29 is 9.18 Å². The van der Waals surface area contributed by atoms with E-state index in [-0.39, 0.29) is 11.7 Å². The monoisotopic (exact) mass is 334 g/mol. The molecule has 1 aromatic heterocycles. The first-order chi connectivity index (χ1) is 11.1. The van der Waals surface area contributed by atoms with E-state index in [9.17, 15) is 9.18 Å². The van der Waals surface area contributed by atoms with Gasteiger partial charge in [-0.2, -0.15) is 0 Å². The average Bonchev–Trinajstić information content (AvgIpc) is 3.04. The topological polar surface area (TPSA) is 39.7 Å². The van der Waals surface area contributed by atoms with Crippen molar-refractivity contribution in [2.45, 2.75) is 0 Å². The summed E-state index contributed by atoms with van der Waals surface area (Å²) in [4.78, 5) is 22.1. The van der Waals surface area contributed by atoms with E-state index in [1.807, 2.05) is 17.0 Å². The minimum Gasteiger partial charge on any atom is -0.366 e. The molecule has 0 N–H and O–H groups in total. The molecule has 0 radical (unpaired) electrons. The maximum Gasteiger partial charge on any atom is 0.272 e. The third-order valence-corrected chi connectivity index (χ3v) is 4.76. The molecule has 0 aliphatic carbocycles. The zero-order chi connectivity index (χ0) is 16.4. The summed E-state index contributed by atoms with van der Waals surface area (Å²) in [7, 11) is 3.43. The third kappa shape index (κ3) is 3.29. The molecule has 0 saturated carbocycles. The van der Waals surface area contributed by atoms with Crippen LogP contribution in [-0.2, 0) is 0 Å². The molecule has 0 bridgehead atoms. The molecule has 2 aromatic rings. The van der Waals surface area contributed by atoms with Crippen molar-refractivity contribution >= 4 is 28.1 Å². The highest BCUT2D eigenvalue weighted by atomic mass is 32.1. The molecule has 1 saturated heterocycles. The van der Waals surface area contributed by atoms with Gasteiger partial charge in [-0.15, -0.1) is 11.3 Å². The number of amides is 1. The Bertz CT molecular complexity index is 695. The maximum absolute atomic E-state index is 13.9. The maximum atomic E-state index is 13.9. The largest absolute Gasteiger partial charge is 0.366 e. The Morgan fingerprint density at radius 2 is 1.83 bits per heavy atom. The van der Waals surface area contributed by atoms with Crippen molar-refractivity contribution in [3.8, 4) is 0 Å². The fourth-order valence-corrected chi connectivity index (χ4v) is 3.44. The number of hydrogen-bond acceptors (Lipinski definition) is 5. The van der Waals surface area contributed by atoms with Gasteiger partial charge in [-0.05, 0) is 12.1 Å². The number of nitrogens with zero attached hydrogens (tertiary/aromatic N) is 4. The summed E-state index contributed by atoms with van der Waals surface area (Å²) in [6.07, 6.45) is 0. The molecule has 1 amide bonds. The first-order valence-electron chi connectivity index (χ1n) is 7.48. The average molecular weight is 334 g/mol. The third-order valence-electron chi connectivity index (χ3n) is 3.86. The summed E-state index contributed by atoms with van der Waals surface area (Å²) in [6, 6.07) is 6.85. The van der Waals surface area contributed by atoms with Crippen LogP contribution in [0.1, 0.15) is 10.5 Å². The predicted octanol–water partition coefficient (Wildman–Crippen LogP) is 2.31. The zero-order valence-corrected chi connectivity index (χ0v) is 14.0. The lowest BCUT2D eigenvalue weighted by atomic mass is 10.2. The minimum absolute atomic E-state index is 0.0857. The molecule has 2 heterocycles.